The second kappa shape index (κ2) is 19.5. The lowest BCUT2D eigenvalue weighted by Crippen LogP contribution is -2.27. The molecule has 168 valence electrons. The monoisotopic (exact) mass is 412 g/mol. The lowest BCUT2D eigenvalue weighted by Gasteiger charge is -2.12. The molecular weight excluding hydrogens is 372 g/mol. The van der Waals surface area contributed by atoms with Gasteiger partial charge in [-0.3, -0.25) is 9.59 Å². The van der Waals surface area contributed by atoms with Crippen LogP contribution in [0.3, 0.4) is 0 Å². The third-order valence-electron chi connectivity index (χ3n) is 4.81. The number of carbonyl (C=O) groups is 3. The molecule has 0 aromatic heterocycles. The Morgan fingerprint density at radius 2 is 1.28 bits per heavy atom. The van der Waals surface area contributed by atoms with Gasteiger partial charge in [-0.1, -0.05) is 70.4 Å². The van der Waals surface area contributed by atoms with Crippen LogP contribution in [0.25, 0.3) is 0 Å². The summed E-state index contributed by atoms with van der Waals surface area (Å²) in [4.78, 5) is 33.2. The second-order valence-electron chi connectivity index (χ2n) is 7.58. The van der Waals surface area contributed by atoms with Crippen molar-refractivity contribution < 1.29 is 29.3 Å². The van der Waals surface area contributed by atoms with Crippen LogP contribution in [-0.4, -0.2) is 34.2 Å². The molecule has 0 spiro atoms. The Morgan fingerprint density at radius 3 is 1.79 bits per heavy atom. The van der Waals surface area contributed by atoms with E-state index in [0.29, 0.717) is 6.42 Å². The van der Waals surface area contributed by atoms with E-state index in [2.05, 4.69) is 19.1 Å². The molecule has 2 N–H and O–H groups in total. The molecule has 0 heterocycles. The molecular formula is C23H40O6. The van der Waals surface area contributed by atoms with Crippen molar-refractivity contribution in [2.75, 3.05) is 0 Å². The van der Waals surface area contributed by atoms with E-state index in [1.807, 2.05) is 0 Å². The number of aliphatic carboxylic acids is 2. The Bertz CT molecular complexity index is 472. The third-order valence-corrected chi connectivity index (χ3v) is 4.81. The first-order chi connectivity index (χ1) is 14.0. The number of ether oxygens (including phenoxy) is 1. The summed E-state index contributed by atoms with van der Waals surface area (Å²) in [6.07, 6.45) is 18.0. The number of carbonyl (C=O) groups excluding carboxylic acids is 1. The summed E-state index contributed by atoms with van der Waals surface area (Å²) in [5.74, 6) is -2.98. The van der Waals surface area contributed by atoms with Crippen LogP contribution in [0.2, 0.25) is 0 Å². The van der Waals surface area contributed by atoms with Gasteiger partial charge in [0, 0.05) is 19.3 Å². The quantitative estimate of drug-likeness (QED) is 0.147. The fourth-order valence-corrected chi connectivity index (χ4v) is 3.05. The van der Waals surface area contributed by atoms with Crippen LogP contribution < -0.4 is 0 Å². The minimum atomic E-state index is -1.37. The highest BCUT2D eigenvalue weighted by Gasteiger charge is 2.22. The fourth-order valence-electron chi connectivity index (χ4n) is 3.05. The van der Waals surface area contributed by atoms with E-state index in [-0.39, 0.29) is 19.3 Å². The molecule has 0 aliphatic carbocycles. The average Bonchev–Trinajstić information content (AvgIpc) is 2.67. The Balaban J connectivity index is 3.54. The van der Waals surface area contributed by atoms with Gasteiger partial charge in [-0.15, -0.1) is 0 Å². The van der Waals surface area contributed by atoms with Crippen molar-refractivity contribution in [3.63, 3.8) is 0 Å². The summed E-state index contributed by atoms with van der Waals surface area (Å²) in [6.45, 7) is 2.24. The Kier molecular flexibility index (Phi) is 18.2. The van der Waals surface area contributed by atoms with Crippen molar-refractivity contribution in [3.8, 4) is 0 Å². The number of carboxylic acids is 2. The number of esters is 1. The fraction of sp³-hybridized carbons (Fsp3) is 0.783. The zero-order chi connectivity index (χ0) is 21.7. The number of rotatable bonds is 20. The molecule has 0 aromatic carbocycles. The highest BCUT2D eigenvalue weighted by atomic mass is 16.6. The van der Waals surface area contributed by atoms with Crippen LogP contribution in [0.4, 0.5) is 0 Å². The molecule has 0 bridgehead atoms. The van der Waals surface area contributed by atoms with Crippen LogP contribution >= 0.6 is 0 Å². The Labute approximate surface area is 175 Å². The van der Waals surface area contributed by atoms with Gasteiger partial charge in [0.15, 0.2) is 6.10 Å². The van der Waals surface area contributed by atoms with E-state index < -0.39 is 24.0 Å². The number of carboxylic acid groups (broad SMARTS) is 2. The second-order valence-corrected chi connectivity index (χ2v) is 7.58. The molecule has 0 amide bonds. The number of hydrogen-bond acceptors (Lipinski definition) is 4. The molecule has 6 nitrogen and oxygen atoms in total. The molecule has 29 heavy (non-hydrogen) atoms. The minimum Gasteiger partial charge on any atom is -0.481 e. The highest BCUT2D eigenvalue weighted by Crippen LogP contribution is 2.11. The molecule has 0 aliphatic heterocycles. The van der Waals surface area contributed by atoms with Crippen LogP contribution in [0.15, 0.2) is 12.2 Å². The van der Waals surface area contributed by atoms with Crippen molar-refractivity contribution in [3.05, 3.63) is 12.2 Å². The Hall–Kier alpha value is -1.85. The van der Waals surface area contributed by atoms with E-state index in [4.69, 9.17) is 14.9 Å². The van der Waals surface area contributed by atoms with Crippen LogP contribution in [0, 0.1) is 0 Å². The summed E-state index contributed by atoms with van der Waals surface area (Å²) >= 11 is 0. The minimum absolute atomic E-state index is 0.176. The van der Waals surface area contributed by atoms with E-state index in [0.717, 1.165) is 32.1 Å². The van der Waals surface area contributed by atoms with Crippen molar-refractivity contribution in [1.29, 1.82) is 0 Å². The summed E-state index contributed by atoms with van der Waals surface area (Å²) in [6, 6.07) is 0. The van der Waals surface area contributed by atoms with Crippen molar-refractivity contribution in [2.45, 2.75) is 116 Å². The standard InChI is InChI=1S/C23H40O6/c1-2-3-4-5-6-7-8-9-10-11-12-13-14-15-16-17-22(26)29-20(23(27)28)18-19-21(24)25/h9-10,20H,2-8,11-19H2,1H3,(H,24,25)(H,27,28)/b10-9-. The van der Waals surface area contributed by atoms with Crippen molar-refractivity contribution in [1.82, 2.24) is 0 Å². The molecule has 0 radical (unpaired) electrons. The largest absolute Gasteiger partial charge is 0.481 e. The molecule has 0 saturated carbocycles. The van der Waals surface area contributed by atoms with Gasteiger partial charge in [0.05, 0.1) is 0 Å². The van der Waals surface area contributed by atoms with Crippen molar-refractivity contribution >= 4 is 17.9 Å². The summed E-state index contributed by atoms with van der Waals surface area (Å²) in [5, 5.41) is 17.6. The normalized spacial score (nSPS) is 12.2. The average molecular weight is 413 g/mol. The molecule has 0 aromatic rings. The molecule has 0 rings (SSSR count). The number of allylic oxidation sites excluding steroid dienone is 2. The Morgan fingerprint density at radius 1 is 0.759 bits per heavy atom. The van der Waals surface area contributed by atoms with Crippen LogP contribution in [-0.2, 0) is 19.1 Å². The number of hydrogen-bond donors (Lipinski definition) is 2. The predicted octanol–water partition coefficient (Wildman–Crippen LogP) is 5.89. The van der Waals surface area contributed by atoms with E-state index >= 15 is 0 Å². The summed E-state index contributed by atoms with van der Waals surface area (Å²) < 4.78 is 4.87. The maximum atomic E-state index is 11.7. The van der Waals surface area contributed by atoms with Crippen molar-refractivity contribution in [2.24, 2.45) is 0 Å². The van der Waals surface area contributed by atoms with Crippen LogP contribution in [0.5, 0.6) is 0 Å². The first kappa shape index (κ1) is 27.1. The molecule has 0 aliphatic rings. The van der Waals surface area contributed by atoms with Gasteiger partial charge in [0.25, 0.3) is 0 Å². The van der Waals surface area contributed by atoms with Gasteiger partial charge in [0.2, 0.25) is 0 Å². The van der Waals surface area contributed by atoms with Gasteiger partial charge < -0.3 is 14.9 Å². The maximum Gasteiger partial charge on any atom is 0.345 e. The van der Waals surface area contributed by atoms with Gasteiger partial charge in [0.1, 0.15) is 0 Å². The third kappa shape index (κ3) is 19.2. The topological polar surface area (TPSA) is 101 Å². The van der Waals surface area contributed by atoms with E-state index in [9.17, 15) is 14.4 Å². The first-order valence-electron chi connectivity index (χ1n) is 11.3. The van der Waals surface area contributed by atoms with E-state index in [1.54, 1.807) is 0 Å². The van der Waals surface area contributed by atoms with Crippen LogP contribution in [0.1, 0.15) is 110 Å². The SMILES string of the molecule is CCCCCCCC/C=C\CCCCCCCC(=O)OC(CCC(=O)O)C(=O)O. The molecule has 0 fully saturated rings. The molecule has 1 unspecified atom stereocenters. The molecule has 6 heteroatoms. The molecule has 1 atom stereocenters. The summed E-state index contributed by atoms with van der Waals surface area (Å²) in [5.41, 5.74) is 0. The zero-order valence-corrected chi connectivity index (χ0v) is 18.1. The first-order valence-corrected chi connectivity index (χ1v) is 11.3. The van der Waals surface area contributed by atoms with Gasteiger partial charge in [-0.25, -0.2) is 4.79 Å². The van der Waals surface area contributed by atoms with E-state index in [1.165, 1.54) is 44.9 Å². The predicted molar refractivity (Wildman–Crippen MR) is 114 cm³/mol. The number of unbranched alkanes of at least 4 members (excludes halogenated alkanes) is 11. The zero-order valence-electron chi connectivity index (χ0n) is 18.1. The lowest BCUT2D eigenvalue weighted by atomic mass is 10.1. The van der Waals surface area contributed by atoms with Gasteiger partial charge >= 0.3 is 17.9 Å². The molecule has 0 saturated heterocycles. The highest BCUT2D eigenvalue weighted by molar-refractivity contribution is 5.78. The lowest BCUT2D eigenvalue weighted by molar-refractivity contribution is -0.165. The maximum absolute atomic E-state index is 11.7. The summed E-state index contributed by atoms with van der Waals surface area (Å²) in [7, 11) is 0. The van der Waals surface area contributed by atoms with Gasteiger partial charge in [-0.05, 0) is 32.1 Å². The smallest absolute Gasteiger partial charge is 0.345 e. The van der Waals surface area contributed by atoms with Gasteiger partial charge in [-0.2, -0.15) is 0 Å².